The van der Waals surface area contributed by atoms with Gasteiger partial charge >= 0.3 is 0 Å². The van der Waals surface area contributed by atoms with Gasteiger partial charge in [0.15, 0.2) is 5.12 Å². The molecule has 0 N–H and O–H groups in total. The van der Waals surface area contributed by atoms with Gasteiger partial charge in [0.25, 0.3) is 0 Å². The molecule has 0 radical (unpaired) electrons. The van der Waals surface area contributed by atoms with E-state index in [0.717, 1.165) is 25.0 Å². The van der Waals surface area contributed by atoms with Crippen molar-refractivity contribution in [2.24, 2.45) is 0 Å². The van der Waals surface area contributed by atoms with E-state index in [1.807, 2.05) is 0 Å². The van der Waals surface area contributed by atoms with Crippen molar-refractivity contribution in [2.45, 2.75) is 26.2 Å². The highest BCUT2D eigenvalue weighted by Gasteiger charge is 2.02. The third kappa shape index (κ3) is 6.53. The van der Waals surface area contributed by atoms with Crippen molar-refractivity contribution < 1.29 is 9.53 Å². The lowest BCUT2D eigenvalue weighted by Crippen LogP contribution is -1.98. The number of rotatable bonds is 7. The van der Waals surface area contributed by atoms with Gasteiger partial charge in [-0.2, -0.15) is 0 Å². The third-order valence-electron chi connectivity index (χ3n) is 2.25. The van der Waals surface area contributed by atoms with E-state index in [9.17, 15) is 4.79 Å². The Morgan fingerprint density at radius 3 is 2.72 bits per heavy atom. The molecule has 0 atom stereocenters. The molecule has 0 aliphatic heterocycles. The van der Waals surface area contributed by atoms with E-state index in [-0.39, 0.29) is 5.12 Å². The number of hydrogen-bond donors (Lipinski definition) is 0. The zero-order valence-corrected chi connectivity index (χ0v) is 12.6. The number of thioether (sulfide) groups is 1. The van der Waals surface area contributed by atoms with Crippen LogP contribution >= 0.6 is 35.0 Å². The van der Waals surface area contributed by atoms with Crippen molar-refractivity contribution in [1.82, 2.24) is 0 Å². The minimum absolute atomic E-state index is 0.180. The molecular weight excluding hydrogens is 291 g/mol. The maximum atomic E-state index is 10.7. The monoisotopic (exact) mass is 306 g/mol. The summed E-state index contributed by atoms with van der Waals surface area (Å²) in [5, 5.41) is 1.32. The minimum atomic E-state index is 0.180. The maximum Gasteiger partial charge on any atom is 0.185 e. The van der Waals surface area contributed by atoms with Crippen molar-refractivity contribution >= 4 is 40.1 Å². The molecule has 1 rings (SSSR count). The average molecular weight is 307 g/mol. The molecule has 0 unspecified atom stereocenters. The normalized spacial score (nSPS) is 10.4. The molecule has 0 aliphatic carbocycles. The van der Waals surface area contributed by atoms with Gasteiger partial charge in [-0.1, -0.05) is 35.0 Å². The first-order valence-corrected chi connectivity index (χ1v) is 7.55. The van der Waals surface area contributed by atoms with Gasteiger partial charge in [0.05, 0.1) is 11.6 Å². The summed E-state index contributed by atoms with van der Waals surface area (Å²) >= 11 is 13.1. The molecule has 0 amide bonds. The topological polar surface area (TPSA) is 26.3 Å². The number of ether oxygens (including phenoxy) is 1. The van der Waals surface area contributed by atoms with Gasteiger partial charge in [0.2, 0.25) is 0 Å². The van der Waals surface area contributed by atoms with Crippen molar-refractivity contribution in [2.75, 3.05) is 12.4 Å². The summed E-state index contributed by atoms with van der Waals surface area (Å²) in [6, 6.07) is 5.20. The molecule has 5 heteroatoms. The van der Waals surface area contributed by atoms with E-state index in [4.69, 9.17) is 27.9 Å². The quantitative estimate of drug-likeness (QED) is 0.675. The van der Waals surface area contributed by atoms with Gasteiger partial charge < -0.3 is 4.74 Å². The summed E-state index contributed by atoms with van der Waals surface area (Å²) in [5.74, 6) is 1.55. The minimum Gasteiger partial charge on any atom is -0.492 e. The lowest BCUT2D eigenvalue weighted by atomic mass is 10.2. The highest BCUT2D eigenvalue weighted by atomic mass is 35.5. The van der Waals surface area contributed by atoms with Crippen LogP contribution in [0.3, 0.4) is 0 Å². The van der Waals surface area contributed by atoms with Gasteiger partial charge in [0.1, 0.15) is 5.75 Å². The molecule has 18 heavy (non-hydrogen) atoms. The lowest BCUT2D eigenvalue weighted by Gasteiger charge is -2.07. The van der Waals surface area contributed by atoms with Crippen LogP contribution in [-0.4, -0.2) is 17.5 Å². The molecular formula is C13H16Cl2O2S. The standard InChI is InChI=1S/C13H16Cl2O2S/c1-10(16)18-8-4-2-3-7-17-13-6-5-11(14)9-12(13)15/h5-6,9H,2-4,7-8H2,1H3. The smallest absolute Gasteiger partial charge is 0.185 e. The fourth-order valence-corrected chi connectivity index (χ4v) is 2.47. The Balaban J connectivity index is 2.12. The number of halogens is 2. The van der Waals surface area contributed by atoms with Gasteiger partial charge in [-0.3, -0.25) is 4.79 Å². The summed E-state index contributed by atoms with van der Waals surface area (Å²) < 4.78 is 5.56. The summed E-state index contributed by atoms with van der Waals surface area (Å²) in [5.41, 5.74) is 0. The van der Waals surface area contributed by atoms with Crippen LogP contribution in [0.1, 0.15) is 26.2 Å². The number of hydrogen-bond acceptors (Lipinski definition) is 3. The average Bonchev–Trinajstić information content (AvgIpc) is 2.30. The Morgan fingerprint density at radius 2 is 2.06 bits per heavy atom. The zero-order chi connectivity index (χ0) is 13.4. The number of unbranched alkanes of at least 4 members (excludes halogenated alkanes) is 2. The van der Waals surface area contributed by atoms with E-state index < -0.39 is 0 Å². The predicted molar refractivity (Wildman–Crippen MR) is 78.9 cm³/mol. The molecule has 0 heterocycles. The first-order chi connectivity index (χ1) is 8.59. The van der Waals surface area contributed by atoms with Crippen LogP contribution in [0.2, 0.25) is 10.0 Å². The van der Waals surface area contributed by atoms with Crippen LogP contribution in [-0.2, 0) is 4.79 Å². The molecule has 1 aromatic carbocycles. The summed E-state index contributed by atoms with van der Waals surface area (Å²) in [4.78, 5) is 10.7. The highest BCUT2D eigenvalue weighted by Crippen LogP contribution is 2.27. The van der Waals surface area contributed by atoms with Crippen LogP contribution in [0.25, 0.3) is 0 Å². The number of carbonyl (C=O) groups is 1. The second-order valence-electron chi connectivity index (χ2n) is 3.82. The molecule has 0 aromatic heterocycles. The predicted octanol–water partition coefficient (Wildman–Crippen LogP) is 4.82. The molecule has 0 saturated heterocycles. The molecule has 0 spiro atoms. The van der Waals surface area contributed by atoms with Crippen molar-refractivity contribution in [3.63, 3.8) is 0 Å². The largest absolute Gasteiger partial charge is 0.492 e. The molecule has 0 saturated carbocycles. The van der Waals surface area contributed by atoms with Gasteiger partial charge in [-0.05, 0) is 37.5 Å². The van der Waals surface area contributed by atoms with E-state index in [1.54, 1.807) is 25.1 Å². The molecule has 100 valence electrons. The van der Waals surface area contributed by atoms with Gasteiger partial charge in [0, 0.05) is 17.7 Å². The van der Waals surface area contributed by atoms with Crippen LogP contribution in [0.4, 0.5) is 0 Å². The second kappa shape index (κ2) is 8.68. The van der Waals surface area contributed by atoms with E-state index in [0.29, 0.717) is 22.4 Å². The van der Waals surface area contributed by atoms with Crippen LogP contribution in [0.5, 0.6) is 5.75 Å². The Hall–Kier alpha value is -0.380. The van der Waals surface area contributed by atoms with E-state index in [2.05, 4.69) is 0 Å². The fourth-order valence-electron chi connectivity index (χ4n) is 1.37. The van der Waals surface area contributed by atoms with Crippen LogP contribution in [0, 0.1) is 0 Å². The van der Waals surface area contributed by atoms with E-state index in [1.165, 1.54) is 11.8 Å². The van der Waals surface area contributed by atoms with Crippen molar-refractivity contribution in [3.8, 4) is 5.75 Å². The van der Waals surface area contributed by atoms with Crippen LogP contribution in [0.15, 0.2) is 18.2 Å². The summed E-state index contributed by atoms with van der Waals surface area (Å²) in [6.45, 7) is 2.22. The zero-order valence-electron chi connectivity index (χ0n) is 10.2. The SMILES string of the molecule is CC(=O)SCCCCCOc1ccc(Cl)cc1Cl. The first-order valence-electron chi connectivity index (χ1n) is 5.81. The molecule has 1 aromatic rings. The van der Waals surface area contributed by atoms with Crippen molar-refractivity contribution in [1.29, 1.82) is 0 Å². The third-order valence-corrected chi connectivity index (χ3v) is 3.68. The summed E-state index contributed by atoms with van der Waals surface area (Å²) in [6.07, 6.45) is 3.03. The second-order valence-corrected chi connectivity index (χ2v) is 5.94. The van der Waals surface area contributed by atoms with Crippen molar-refractivity contribution in [3.05, 3.63) is 28.2 Å². The molecule has 2 nitrogen and oxygen atoms in total. The number of carbonyl (C=O) groups excluding carboxylic acids is 1. The maximum absolute atomic E-state index is 10.7. The number of benzene rings is 1. The van der Waals surface area contributed by atoms with Crippen LogP contribution < -0.4 is 4.74 Å². The van der Waals surface area contributed by atoms with Gasteiger partial charge in [-0.25, -0.2) is 0 Å². The Kier molecular flexibility index (Phi) is 7.56. The molecule has 0 aliphatic rings. The van der Waals surface area contributed by atoms with E-state index >= 15 is 0 Å². The Bertz CT molecular complexity index is 397. The molecule has 0 fully saturated rings. The summed E-state index contributed by atoms with van der Waals surface area (Å²) in [7, 11) is 0. The highest BCUT2D eigenvalue weighted by molar-refractivity contribution is 8.13. The Labute approximate surface area is 122 Å². The van der Waals surface area contributed by atoms with Gasteiger partial charge in [-0.15, -0.1) is 0 Å². The first kappa shape index (κ1) is 15.7. The Morgan fingerprint density at radius 1 is 1.28 bits per heavy atom. The lowest BCUT2D eigenvalue weighted by molar-refractivity contribution is -0.109. The molecule has 0 bridgehead atoms. The fraction of sp³-hybridized carbons (Fsp3) is 0.462.